The minimum Gasteiger partial charge on any atom is -0.508 e. The highest BCUT2D eigenvalue weighted by Crippen LogP contribution is 2.17. The second-order valence-electron chi connectivity index (χ2n) is 4.68. The van der Waals surface area contributed by atoms with Gasteiger partial charge in [0.1, 0.15) is 11.3 Å². The second-order valence-corrected chi connectivity index (χ2v) is 5.09. The van der Waals surface area contributed by atoms with Crippen LogP contribution in [0.5, 0.6) is 5.75 Å². The van der Waals surface area contributed by atoms with E-state index < -0.39 is 16.7 Å². The van der Waals surface area contributed by atoms with Crippen molar-refractivity contribution in [2.75, 3.05) is 0 Å². The van der Waals surface area contributed by atoms with E-state index in [9.17, 15) is 19.7 Å². The van der Waals surface area contributed by atoms with Crippen LogP contribution in [0, 0.1) is 10.1 Å². The molecule has 0 aliphatic rings. The van der Waals surface area contributed by atoms with Crippen LogP contribution in [0.25, 0.3) is 0 Å². The number of benzene rings is 2. The minimum absolute atomic E-state index is 0.0109. The van der Waals surface area contributed by atoms with Gasteiger partial charge in [-0.1, -0.05) is 12.1 Å². The van der Waals surface area contributed by atoms with Crippen molar-refractivity contribution in [2.45, 2.75) is 0 Å². The molecule has 0 unspecified atom stereocenters. The summed E-state index contributed by atoms with van der Waals surface area (Å²) in [5, 5.41) is 22.1. The summed E-state index contributed by atoms with van der Waals surface area (Å²) in [5.41, 5.74) is 4.28. The number of phenols is 1. The van der Waals surface area contributed by atoms with Gasteiger partial charge in [0.05, 0.1) is 4.92 Å². The average molecular weight is 360 g/mol. The van der Waals surface area contributed by atoms with Gasteiger partial charge in [0.2, 0.25) is 0 Å². The molecule has 0 heterocycles. The molecule has 0 atom stereocenters. The average Bonchev–Trinajstić information content (AvgIpc) is 2.60. The van der Waals surface area contributed by atoms with E-state index in [-0.39, 0.29) is 27.7 Å². The summed E-state index contributed by atoms with van der Waals surface area (Å²) < 4.78 is 0. The van der Waals surface area contributed by atoms with E-state index in [4.69, 9.17) is 17.3 Å². The maximum absolute atomic E-state index is 12.0. The fraction of sp³-hybridized carbons (Fsp3) is 0. The third kappa shape index (κ3) is 4.72. The Kier molecular flexibility index (Phi) is 5.58. The minimum atomic E-state index is -0.788. The van der Waals surface area contributed by atoms with Crippen LogP contribution in [0.3, 0.4) is 0 Å². The van der Waals surface area contributed by atoms with E-state index in [1.165, 1.54) is 48.5 Å². The molecule has 4 N–H and O–H groups in total. The highest BCUT2D eigenvalue weighted by atomic mass is 32.1. The zero-order chi connectivity index (χ0) is 18.4. The molecule has 0 aromatic heterocycles. The molecule has 2 aromatic rings. The predicted molar refractivity (Wildman–Crippen MR) is 91.9 cm³/mol. The summed E-state index contributed by atoms with van der Waals surface area (Å²) in [4.78, 5) is 34.1. The molecular formula is C15H12N4O5S. The Morgan fingerprint density at radius 2 is 1.64 bits per heavy atom. The Morgan fingerprint density at radius 3 is 2.28 bits per heavy atom. The molecular weight excluding hydrogens is 348 g/mol. The van der Waals surface area contributed by atoms with Gasteiger partial charge in [-0.2, -0.15) is 0 Å². The zero-order valence-corrected chi connectivity index (χ0v) is 13.4. The van der Waals surface area contributed by atoms with Crippen LogP contribution >= 0.6 is 12.2 Å². The van der Waals surface area contributed by atoms with Gasteiger partial charge in [0.25, 0.3) is 17.5 Å². The van der Waals surface area contributed by atoms with Gasteiger partial charge in [0, 0.05) is 11.6 Å². The maximum Gasteiger partial charge on any atom is 0.282 e. The standard InChI is InChI=1S/C15H12N4O5S/c20-10-7-5-9(6-8-10)13(21)17-18-15(25)16-14(22)11-3-1-2-4-12(11)19(23)24/h1-8,20H,(H,17,21)(H2,16,18,22,25). The first-order valence-electron chi connectivity index (χ1n) is 6.82. The highest BCUT2D eigenvalue weighted by Gasteiger charge is 2.20. The molecule has 128 valence electrons. The van der Waals surface area contributed by atoms with Crippen LogP contribution in [0.4, 0.5) is 5.69 Å². The Balaban J connectivity index is 1.94. The first-order chi connectivity index (χ1) is 11.9. The van der Waals surface area contributed by atoms with E-state index in [1.54, 1.807) is 0 Å². The Bertz CT molecular complexity index is 838. The van der Waals surface area contributed by atoms with Gasteiger partial charge < -0.3 is 5.11 Å². The number of nitrogens with zero attached hydrogens (tertiary/aromatic N) is 1. The third-order valence-electron chi connectivity index (χ3n) is 2.99. The number of hydrogen-bond donors (Lipinski definition) is 4. The van der Waals surface area contributed by atoms with Crippen LogP contribution in [0.1, 0.15) is 20.7 Å². The van der Waals surface area contributed by atoms with Gasteiger partial charge >= 0.3 is 0 Å². The van der Waals surface area contributed by atoms with Crippen LogP contribution in [0.2, 0.25) is 0 Å². The molecule has 0 saturated heterocycles. The van der Waals surface area contributed by atoms with E-state index in [2.05, 4.69) is 16.2 Å². The number of phenolic OH excluding ortho intramolecular Hbond substituents is 1. The second kappa shape index (κ2) is 7.84. The topological polar surface area (TPSA) is 134 Å². The number of nitro benzene ring substituents is 1. The van der Waals surface area contributed by atoms with Crippen molar-refractivity contribution >= 4 is 34.8 Å². The van der Waals surface area contributed by atoms with E-state index in [0.717, 1.165) is 0 Å². The molecule has 2 amide bonds. The van der Waals surface area contributed by atoms with Gasteiger partial charge in [-0.15, -0.1) is 0 Å². The number of carbonyl (C=O) groups excluding carboxylic acids is 2. The number of hydrazine groups is 1. The number of aromatic hydroxyl groups is 1. The van der Waals surface area contributed by atoms with Gasteiger partial charge in [-0.3, -0.25) is 35.9 Å². The number of nitrogens with one attached hydrogen (secondary N) is 3. The number of amides is 2. The Labute approximate surface area is 146 Å². The molecule has 25 heavy (non-hydrogen) atoms. The molecule has 0 aliphatic heterocycles. The SMILES string of the molecule is O=C(NNC(=S)NC(=O)c1ccccc1[N+](=O)[O-])c1ccc(O)cc1. The highest BCUT2D eigenvalue weighted by molar-refractivity contribution is 7.80. The molecule has 10 heteroatoms. The monoisotopic (exact) mass is 360 g/mol. The summed E-state index contributed by atoms with van der Waals surface area (Å²) >= 11 is 4.86. The van der Waals surface area contributed by atoms with E-state index in [0.29, 0.717) is 0 Å². The molecule has 0 bridgehead atoms. The Morgan fingerprint density at radius 1 is 1.00 bits per heavy atom. The molecule has 2 rings (SSSR count). The van der Waals surface area contributed by atoms with Gasteiger partial charge in [0.15, 0.2) is 5.11 Å². The van der Waals surface area contributed by atoms with Crippen molar-refractivity contribution in [2.24, 2.45) is 0 Å². The molecule has 0 fully saturated rings. The summed E-state index contributed by atoms with van der Waals surface area (Å²) in [5.74, 6) is -1.33. The lowest BCUT2D eigenvalue weighted by Gasteiger charge is -2.11. The quantitative estimate of drug-likeness (QED) is 0.368. The number of nitro groups is 1. The van der Waals surface area contributed by atoms with Crippen molar-refractivity contribution in [3.63, 3.8) is 0 Å². The smallest absolute Gasteiger partial charge is 0.282 e. The molecule has 0 aliphatic carbocycles. The lowest BCUT2D eigenvalue weighted by Crippen LogP contribution is -2.48. The fourth-order valence-electron chi connectivity index (χ4n) is 1.83. The van der Waals surface area contributed by atoms with Crippen molar-refractivity contribution in [3.05, 3.63) is 69.8 Å². The molecule has 2 aromatic carbocycles. The zero-order valence-electron chi connectivity index (χ0n) is 12.6. The molecule has 9 nitrogen and oxygen atoms in total. The lowest BCUT2D eigenvalue weighted by atomic mass is 10.1. The van der Waals surface area contributed by atoms with Crippen molar-refractivity contribution in [1.29, 1.82) is 0 Å². The van der Waals surface area contributed by atoms with Crippen LogP contribution in [0.15, 0.2) is 48.5 Å². The number of thiocarbonyl (C=S) groups is 1. The first-order valence-corrected chi connectivity index (χ1v) is 7.23. The lowest BCUT2D eigenvalue weighted by molar-refractivity contribution is -0.385. The Hall–Kier alpha value is -3.53. The molecule has 0 radical (unpaired) electrons. The van der Waals surface area contributed by atoms with Crippen LogP contribution < -0.4 is 16.2 Å². The van der Waals surface area contributed by atoms with Crippen molar-refractivity contribution in [3.8, 4) is 5.75 Å². The number of carbonyl (C=O) groups is 2. The maximum atomic E-state index is 12.0. The largest absolute Gasteiger partial charge is 0.508 e. The van der Waals surface area contributed by atoms with Crippen molar-refractivity contribution in [1.82, 2.24) is 16.2 Å². The van der Waals surface area contributed by atoms with Crippen LogP contribution in [-0.4, -0.2) is 27.0 Å². The van der Waals surface area contributed by atoms with E-state index >= 15 is 0 Å². The van der Waals surface area contributed by atoms with E-state index in [1.807, 2.05) is 0 Å². The third-order valence-corrected chi connectivity index (χ3v) is 3.20. The van der Waals surface area contributed by atoms with Gasteiger partial charge in [-0.05, 0) is 42.5 Å². The fourth-order valence-corrected chi connectivity index (χ4v) is 1.97. The van der Waals surface area contributed by atoms with Crippen LogP contribution in [-0.2, 0) is 0 Å². The summed E-state index contributed by atoms with van der Waals surface area (Å²) in [6.07, 6.45) is 0. The molecule has 0 saturated carbocycles. The predicted octanol–water partition coefficient (Wildman–Crippen LogP) is 1.25. The summed E-state index contributed by atoms with van der Waals surface area (Å²) in [6, 6.07) is 10.8. The van der Waals surface area contributed by atoms with Gasteiger partial charge in [-0.25, -0.2) is 0 Å². The normalized spacial score (nSPS) is 9.76. The summed E-state index contributed by atoms with van der Waals surface area (Å²) in [7, 11) is 0. The number of rotatable bonds is 3. The number of para-hydroxylation sites is 1. The van der Waals surface area contributed by atoms with Crippen molar-refractivity contribution < 1.29 is 19.6 Å². The summed E-state index contributed by atoms with van der Waals surface area (Å²) in [6.45, 7) is 0. The molecule has 0 spiro atoms. The number of hydrogen-bond acceptors (Lipinski definition) is 6. The first kappa shape index (κ1) is 17.8.